The lowest BCUT2D eigenvalue weighted by molar-refractivity contribution is -0.129. The van der Waals surface area contributed by atoms with Gasteiger partial charge >= 0.3 is 0 Å². The molecule has 0 saturated carbocycles. The lowest BCUT2D eigenvalue weighted by Gasteiger charge is -2.23. The van der Waals surface area contributed by atoms with Crippen molar-refractivity contribution in [3.05, 3.63) is 36.5 Å². The number of nitrogens with one attached hydrogen (secondary N) is 2. The average molecular weight is 292 g/mol. The minimum absolute atomic E-state index is 0.0452. The van der Waals surface area contributed by atoms with Gasteiger partial charge in [-0.1, -0.05) is 51.2 Å². The SMILES string of the molecule is C=C/C=C(\C=C/C)C(=O)NC(C(=O)NCC=O)[C@@H](C)CC. The first-order chi connectivity index (χ1) is 10.0. The lowest BCUT2D eigenvalue weighted by atomic mass is 9.97. The van der Waals surface area contributed by atoms with Crippen molar-refractivity contribution in [2.45, 2.75) is 33.2 Å². The highest BCUT2D eigenvalue weighted by atomic mass is 16.2. The van der Waals surface area contributed by atoms with Crippen molar-refractivity contribution in [3.63, 3.8) is 0 Å². The van der Waals surface area contributed by atoms with E-state index in [0.717, 1.165) is 6.42 Å². The molecule has 0 radical (unpaired) electrons. The van der Waals surface area contributed by atoms with Crippen LogP contribution in [0.4, 0.5) is 0 Å². The fourth-order valence-electron chi connectivity index (χ4n) is 1.69. The van der Waals surface area contributed by atoms with Gasteiger partial charge in [0.25, 0.3) is 5.91 Å². The van der Waals surface area contributed by atoms with Gasteiger partial charge in [-0.15, -0.1) is 0 Å². The Morgan fingerprint density at radius 1 is 1.33 bits per heavy atom. The van der Waals surface area contributed by atoms with Crippen LogP contribution in [0.25, 0.3) is 0 Å². The van der Waals surface area contributed by atoms with Gasteiger partial charge in [0.05, 0.1) is 6.54 Å². The van der Waals surface area contributed by atoms with Gasteiger partial charge < -0.3 is 15.4 Å². The van der Waals surface area contributed by atoms with Gasteiger partial charge in [0.2, 0.25) is 5.91 Å². The number of carbonyl (C=O) groups excluding carboxylic acids is 3. The highest BCUT2D eigenvalue weighted by Crippen LogP contribution is 2.09. The molecule has 2 amide bonds. The molecular weight excluding hydrogens is 268 g/mol. The topological polar surface area (TPSA) is 75.3 Å². The van der Waals surface area contributed by atoms with E-state index >= 15 is 0 Å². The van der Waals surface area contributed by atoms with E-state index in [1.165, 1.54) is 6.08 Å². The predicted molar refractivity (Wildman–Crippen MR) is 83.6 cm³/mol. The van der Waals surface area contributed by atoms with Gasteiger partial charge in [0.1, 0.15) is 12.3 Å². The first-order valence-electron chi connectivity index (χ1n) is 6.99. The molecule has 5 heteroatoms. The molecule has 0 aliphatic carbocycles. The Morgan fingerprint density at radius 2 is 2.00 bits per heavy atom. The highest BCUT2D eigenvalue weighted by molar-refractivity contribution is 5.99. The Balaban J connectivity index is 5.07. The number of rotatable bonds is 9. The molecule has 0 aromatic heterocycles. The number of carbonyl (C=O) groups is 3. The first-order valence-corrected chi connectivity index (χ1v) is 6.99. The van der Waals surface area contributed by atoms with Crippen molar-refractivity contribution in [2.75, 3.05) is 6.54 Å². The fraction of sp³-hybridized carbons (Fsp3) is 0.438. The van der Waals surface area contributed by atoms with Crippen LogP contribution in [0.2, 0.25) is 0 Å². The molecule has 0 bridgehead atoms. The zero-order valence-electron chi connectivity index (χ0n) is 12.9. The van der Waals surface area contributed by atoms with Crippen LogP contribution in [-0.4, -0.2) is 30.7 Å². The van der Waals surface area contributed by atoms with E-state index in [2.05, 4.69) is 17.2 Å². The van der Waals surface area contributed by atoms with Crippen molar-refractivity contribution in [2.24, 2.45) is 5.92 Å². The summed E-state index contributed by atoms with van der Waals surface area (Å²) < 4.78 is 0. The number of amides is 2. The molecule has 0 saturated heterocycles. The van der Waals surface area contributed by atoms with E-state index in [-0.39, 0.29) is 24.3 Å². The molecule has 2 atom stereocenters. The maximum atomic E-state index is 12.2. The molecule has 0 aliphatic rings. The van der Waals surface area contributed by atoms with Crippen LogP contribution in [0.15, 0.2) is 36.5 Å². The molecule has 0 aliphatic heterocycles. The zero-order valence-corrected chi connectivity index (χ0v) is 12.9. The Bertz CT molecular complexity index is 439. The molecule has 0 rings (SSSR count). The van der Waals surface area contributed by atoms with Crippen molar-refractivity contribution in [1.82, 2.24) is 10.6 Å². The van der Waals surface area contributed by atoms with E-state index < -0.39 is 6.04 Å². The Morgan fingerprint density at radius 3 is 2.48 bits per heavy atom. The lowest BCUT2D eigenvalue weighted by Crippen LogP contribution is -2.50. The molecule has 0 spiro atoms. The summed E-state index contributed by atoms with van der Waals surface area (Å²) >= 11 is 0. The third kappa shape index (κ3) is 6.70. The Kier molecular flexibility index (Phi) is 9.50. The number of allylic oxidation sites excluding steroid dienone is 3. The normalized spacial score (nSPS) is 14.3. The van der Waals surface area contributed by atoms with Crippen molar-refractivity contribution >= 4 is 18.1 Å². The molecule has 21 heavy (non-hydrogen) atoms. The minimum Gasteiger partial charge on any atom is -0.348 e. The van der Waals surface area contributed by atoms with Gasteiger partial charge in [-0.05, 0) is 12.8 Å². The fourth-order valence-corrected chi connectivity index (χ4v) is 1.69. The van der Waals surface area contributed by atoms with Crippen molar-refractivity contribution in [3.8, 4) is 0 Å². The second-order valence-corrected chi connectivity index (χ2v) is 4.61. The molecule has 5 nitrogen and oxygen atoms in total. The van der Waals surface area contributed by atoms with Gasteiger partial charge in [-0.3, -0.25) is 9.59 Å². The summed E-state index contributed by atoms with van der Waals surface area (Å²) in [7, 11) is 0. The third-order valence-corrected chi connectivity index (χ3v) is 3.05. The van der Waals surface area contributed by atoms with E-state index in [0.29, 0.717) is 11.9 Å². The van der Waals surface area contributed by atoms with Gasteiger partial charge in [-0.25, -0.2) is 0 Å². The first kappa shape index (κ1) is 18.8. The van der Waals surface area contributed by atoms with Gasteiger partial charge in [0, 0.05) is 5.57 Å². The highest BCUT2D eigenvalue weighted by Gasteiger charge is 2.26. The molecule has 0 heterocycles. The van der Waals surface area contributed by atoms with Crippen molar-refractivity contribution < 1.29 is 14.4 Å². The average Bonchev–Trinajstić information content (AvgIpc) is 2.48. The van der Waals surface area contributed by atoms with Crippen LogP contribution >= 0.6 is 0 Å². The molecule has 0 fully saturated rings. The summed E-state index contributed by atoms with van der Waals surface area (Å²) in [6, 6.07) is -0.680. The maximum absolute atomic E-state index is 12.2. The summed E-state index contributed by atoms with van der Waals surface area (Å²) in [5.41, 5.74) is 0.420. The van der Waals surface area contributed by atoms with Crippen LogP contribution in [-0.2, 0) is 14.4 Å². The minimum atomic E-state index is -0.680. The molecular formula is C16H24N2O3. The van der Waals surface area contributed by atoms with Crippen LogP contribution < -0.4 is 10.6 Å². The Labute approximate surface area is 126 Å². The van der Waals surface area contributed by atoms with Crippen molar-refractivity contribution in [1.29, 1.82) is 0 Å². The van der Waals surface area contributed by atoms with Gasteiger partial charge in [-0.2, -0.15) is 0 Å². The summed E-state index contributed by atoms with van der Waals surface area (Å²) in [6.07, 6.45) is 7.81. The summed E-state index contributed by atoms with van der Waals surface area (Å²) in [5, 5.41) is 5.19. The number of hydrogen-bond acceptors (Lipinski definition) is 3. The molecule has 0 aromatic carbocycles. The second kappa shape index (κ2) is 10.6. The summed E-state index contributed by atoms with van der Waals surface area (Å²) in [4.78, 5) is 34.6. The van der Waals surface area contributed by atoms with Crippen LogP contribution in [0.3, 0.4) is 0 Å². The summed E-state index contributed by atoms with van der Waals surface area (Å²) in [5.74, 6) is -0.751. The smallest absolute Gasteiger partial charge is 0.251 e. The Hall–Kier alpha value is -2.17. The third-order valence-electron chi connectivity index (χ3n) is 3.05. The van der Waals surface area contributed by atoms with Crippen LogP contribution in [0.5, 0.6) is 0 Å². The maximum Gasteiger partial charge on any atom is 0.251 e. The largest absolute Gasteiger partial charge is 0.348 e. The molecule has 0 aromatic rings. The molecule has 116 valence electrons. The standard InChI is InChI=1S/C16H24N2O3/c1-5-8-13(9-6-2)15(20)18-14(12(4)7-3)16(21)17-10-11-19/h5-6,8-9,11-12,14H,1,7,10H2,2-4H3,(H,17,21)(H,18,20)/b9-6-,13-8+/t12-,14?/m0/s1. The van der Waals surface area contributed by atoms with Gasteiger partial charge in [0.15, 0.2) is 0 Å². The zero-order chi connectivity index (χ0) is 16.3. The van der Waals surface area contributed by atoms with E-state index in [9.17, 15) is 14.4 Å². The monoisotopic (exact) mass is 292 g/mol. The molecule has 2 N–H and O–H groups in total. The molecule has 1 unspecified atom stereocenters. The van der Waals surface area contributed by atoms with Crippen LogP contribution in [0.1, 0.15) is 27.2 Å². The number of aldehydes is 1. The van der Waals surface area contributed by atoms with Crippen LogP contribution in [0, 0.1) is 5.92 Å². The van der Waals surface area contributed by atoms with E-state index in [1.54, 1.807) is 25.2 Å². The second-order valence-electron chi connectivity index (χ2n) is 4.61. The predicted octanol–water partition coefficient (Wildman–Crippen LogP) is 1.52. The summed E-state index contributed by atoms with van der Waals surface area (Å²) in [6.45, 7) is 9.10. The quantitative estimate of drug-likeness (QED) is 0.384. The van der Waals surface area contributed by atoms with E-state index in [4.69, 9.17) is 0 Å². The number of hydrogen-bond donors (Lipinski definition) is 2. The van der Waals surface area contributed by atoms with E-state index in [1.807, 2.05) is 13.8 Å².